The molecule has 0 rings (SSSR count). The first kappa shape index (κ1) is 12.8. The maximum Gasteiger partial charge on any atom is 0.0918 e. The molecular weight excluding hydrogens is 181 g/mol. The summed E-state index contributed by atoms with van der Waals surface area (Å²) < 4.78 is 12.6. The highest BCUT2D eigenvalue weighted by atomic mass is 28.3. The van der Waals surface area contributed by atoms with Gasteiger partial charge in [-0.2, -0.15) is 0 Å². The second kappa shape index (κ2) is 8.45. The summed E-state index contributed by atoms with van der Waals surface area (Å²) in [4.78, 5) is 0. The van der Waals surface area contributed by atoms with E-state index in [4.69, 9.17) is 0 Å². The normalized spacial score (nSPS) is 13.2. The van der Waals surface area contributed by atoms with Crippen LogP contribution in [0.25, 0.3) is 0 Å². The Kier molecular flexibility index (Phi) is 8.35. The van der Waals surface area contributed by atoms with E-state index in [1.54, 1.807) is 0 Å². The molecule has 0 saturated heterocycles. The minimum atomic E-state index is -0.757. The molecule has 0 aromatic carbocycles. The molecule has 1 N–H and O–H groups in total. The summed E-state index contributed by atoms with van der Waals surface area (Å²) >= 11 is 0. The molecule has 1 unspecified atom stereocenters. The quantitative estimate of drug-likeness (QED) is 0.362. The third-order valence-corrected chi connectivity index (χ3v) is 5.26. The molecule has 0 heterocycles. The molecule has 0 bridgehead atoms. The molecule has 0 aliphatic rings. The first-order valence-electron chi connectivity index (χ1n) is 4.98. The van der Waals surface area contributed by atoms with Gasteiger partial charge in [-0.1, -0.05) is 32.4 Å². The Balaban J connectivity index is 3.62. The van der Waals surface area contributed by atoms with Crippen molar-refractivity contribution >= 4 is 8.80 Å². The minimum absolute atomic E-state index is 0.0879. The van der Waals surface area contributed by atoms with Gasteiger partial charge in [-0.15, -0.1) is 6.58 Å². The van der Waals surface area contributed by atoms with E-state index in [2.05, 4.69) is 25.7 Å². The van der Waals surface area contributed by atoms with Crippen molar-refractivity contribution in [3.63, 3.8) is 0 Å². The van der Waals surface area contributed by atoms with Gasteiger partial charge >= 0.3 is 0 Å². The van der Waals surface area contributed by atoms with Gasteiger partial charge < -0.3 is 5.32 Å². The number of rotatable bonds is 8. The second-order valence-corrected chi connectivity index (χ2v) is 6.46. The fourth-order valence-corrected chi connectivity index (χ4v) is 3.28. The molecule has 0 aliphatic heterocycles. The van der Waals surface area contributed by atoms with E-state index < -0.39 is 8.80 Å². The van der Waals surface area contributed by atoms with Gasteiger partial charge in [0.1, 0.15) is 0 Å². The smallest absolute Gasteiger partial charge is 0.0918 e. The molecule has 1 atom stereocenters. The van der Waals surface area contributed by atoms with Crippen LogP contribution >= 0.6 is 0 Å². The monoisotopic (exact) mass is 202 g/mol. The number of alkyl halides is 1. The first-order chi connectivity index (χ1) is 6.26. The van der Waals surface area contributed by atoms with Crippen LogP contribution in [0, 0.1) is 0 Å². The van der Waals surface area contributed by atoms with Crippen LogP contribution in [-0.4, -0.2) is 28.2 Å². The Hall–Kier alpha value is -0.153. The average molecular weight is 202 g/mol. The summed E-state index contributed by atoms with van der Waals surface area (Å²) in [6.45, 7) is 9.68. The van der Waals surface area contributed by atoms with E-state index >= 15 is 0 Å². The van der Waals surface area contributed by atoms with E-state index in [9.17, 15) is 4.39 Å². The summed E-state index contributed by atoms with van der Waals surface area (Å²) in [6, 6.07) is 1.10. The summed E-state index contributed by atoms with van der Waals surface area (Å²) in [7, 11) is -0.757. The van der Waals surface area contributed by atoms with Gasteiger partial charge in [0.25, 0.3) is 0 Å². The van der Waals surface area contributed by atoms with E-state index in [1.165, 1.54) is 0 Å². The highest BCUT2D eigenvalue weighted by Crippen LogP contribution is 2.14. The Labute approximate surface area is 83.0 Å². The SMILES string of the molecule is C=CCNCC(C)[Si](CF)CCC. The maximum atomic E-state index is 12.6. The number of hydrogen-bond acceptors (Lipinski definition) is 1. The average Bonchev–Trinajstić information content (AvgIpc) is 2.14. The van der Waals surface area contributed by atoms with Gasteiger partial charge in [-0.05, 0) is 12.1 Å². The van der Waals surface area contributed by atoms with Gasteiger partial charge in [-0.3, -0.25) is 4.39 Å². The van der Waals surface area contributed by atoms with Crippen molar-refractivity contribution in [2.75, 3.05) is 19.4 Å². The van der Waals surface area contributed by atoms with Gasteiger partial charge in [0.15, 0.2) is 0 Å². The Morgan fingerprint density at radius 3 is 2.77 bits per heavy atom. The zero-order valence-corrected chi connectivity index (χ0v) is 9.78. The molecule has 77 valence electrons. The van der Waals surface area contributed by atoms with Crippen molar-refractivity contribution < 1.29 is 4.39 Å². The van der Waals surface area contributed by atoms with Gasteiger partial charge in [-0.25, -0.2) is 0 Å². The van der Waals surface area contributed by atoms with Crippen molar-refractivity contribution in [3.05, 3.63) is 12.7 Å². The van der Waals surface area contributed by atoms with Gasteiger partial charge in [0.05, 0.1) is 15.1 Å². The van der Waals surface area contributed by atoms with Crippen molar-refractivity contribution in [2.45, 2.75) is 31.9 Å². The fraction of sp³-hybridized carbons (Fsp3) is 0.800. The van der Waals surface area contributed by atoms with Crippen molar-refractivity contribution in [1.29, 1.82) is 0 Å². The van der Waals surface area contributed by atoms with Crippen LogP contribution in [0.3, 0.4) is 0 Å². The Morgan fingerprint density at radius 2 is 2.31 bits per heavy atom. The summed E-state index contributed by atoms with van der Waals surface area (Å²) in [6.07, 6.45) is 2.87. The van der Waals surface area contributed by atoms with Crippen molar-refractivity contribution in [1.82, 2.24) is 5.32 Å². The van der Waals surface area contributed by atoms with Crippen LogP contribution in [0.1, 0.15) is 20.3 Å². The molecule has 0 aliphatic carbocycles. The molecule has 0 saturated carbocycles. The largest absolute Gasteiger partial charge is 0.313 e. The van der Waals surface area contributed by atoms with E-state index in [0.29, 0.717) is 5.54 Å². The van der Waals surface area contributed by atoms with Crippen LogP contribution in [-0.2, 0) is 0 Å². The fourth-order valence-electron chi connectivity index (χ4n) is 1.31. The van der Waals surface area contributed by atoms with Gasteiger partial charge in [0.2, 0.25) is 0 Å². The topological polar surface area (TPSA) is 12.0 Å². The zero-order valence-electron chi connectivity index (χ0n) is 8.78. The molecule has 0 aromatic rings. The van der Waals surface area contributed by atoms with E-state index in [0.717, 1.165) is 25.6 Å². The van der Waals surface area contributed by atoms with Crippen LogP contribution in [0.4, 0.5) is 4.39 Å². The lowest BCUT2D eigenvalue weighted by Gasteiger charge is -2.18. The predicted molar refractivity (Wildman–Crippen MR) is 59.3 cm³/mol. The predicted octanol–water partition coefficient (Wildman–Crippen LogP) is 2.57. The summed E-state index contributed by atoms with van der Waals surface area (Å²) in [5, 5.41) is 3.25. The minimum Gasteiger partial charge on any atom is -0.313 e. The molecule has 3 heteroatoms. The molecule has 1 radical (unpaired) electrons. The highest BCUT2D eigenvalue weighted by Gasteiger charge is 2.17. The second-order valence-electron chi connectivity index (χ2n) is 3.39. The molecule has 0 aromatic heterocycles. The Bertz CT molecular complexity index is 130. The summed E-state index contributed by atoms with van der Waals surface area (Å²) in [5.74, 6) is 0. The molecule has 0 spiro atoms. The molecule has 13 heavy (non-hydrogen) atoms. The molecule has 1 nitrogen and oxygen atoms in total. The lowest BCUT2D eigenvalue weighted by Crippen LogP contribution is -2.30. The zero-order chi connectivity index (χ0) is 10.1. The number of hydrogen-bond donors (Lipinski definition) is 1. The van der Waals surface area contributed by atoms with Crippen LogP contribution < -0.4 is 5.32 Å². The van der Waals surface area contributed by atoms with Crippen LogP contribution in [0.5, 0.6) is 0 Å². The first-order valence-corrected chi connectivity index (χ1v) is 6.97. The third-order valence-electron chi connectivity index (χ3n) is 2.18. The van der Waals surface area contributed by atoms with Crippen LogP contribution in [0.15, 0.2) is 12.7 Å². The van der Waals surface area contributed by atoms with E-state index in [1.807, 2.05) is 6.08 Å². The van der Waals surface area contributed by atoms with Crippen LogP contribution in [0.2, 0.25) is 11.6 Å². The van der Waals surface area contributed by atoms with Gasteiger partial charge in [0, 0.05) is 6.54 Å². The third kappa shape index (κ3) is 5.99. The standard InChI is InChI=1S/C10H21FNSi/c1-4-6-12-8-10(3)13(9-11)7-5-2/h4,10,12H,1,5-9H2,2-3H3. The summed E-state index contributed by atoms with van der Waals surface area (Å²) in [5.41, 5.74) is 0.523. The number of halogens is 1. The Morgan fingerprint density at radius 1 is 1.62 bits per heavy atom. The van der Waals surface area contributed by atoms with Crippen molar-refractivity contribution in [3.8, 4) is 0 Å². The lowest BCUT2D eigenvalue weighted by molar-refractivity contribution is 0.573. The van der Waals surface area contributed by atoms with E-state index in [-0.39, 0.29) is 6.30 Å². The number of nitrogens with one attached hydrogen (secondary N) is 1. The van der Waals surface area contributed by atoms with Crippen molar-refractivity contribution in [2.24, 2.45) is 0 Å². The highest BCUT2D eigenvalue weighted by molar-refractivity contribution is 6.60. The molecular formula is C10H21FNSi. The molecule has 0 amide bonds. The maximum absolute atomic E-state index is 12.6. The lowest BCUT2D eigenvalue weighted by atomic mass is 10.4. The molecule has 0 fully saturated rings.